The molecule has 0 atom stereocenters. The highest BCUT2D eigenvalue weighted by molar-refractivity contribution is 7.11. The van der Waals surface area contributed by atoms with Gasteiger partial charge in [0.25, 0.3) is 0 Å². The lowest BCUT2D eigenvalue weighted by molar-refractivity contribution is -0.136. The van der Waals surface area contributed by atoms with Gasteiger partial charge >= 0.3 is 5.97 Å². The highest BCUT2D eigenvalue weighted by atomic mass is 32.1. The van der Waals surface area contributed by atoms with Gasteiger partial charge in [0.05, 0.1) is 23.7 Å². The lowest BCUT2D eigenvalue weighted by atomic mass is 9.90. The van der Waals surface area contributed by atoms with Crippen LogP contribution in [0.2, 0.25) is 0 Å². The number of hydrogen-bond donors (Lipinski definition) is 1. The van der Waals surface area contributed by atoms with Crippen LogP contribution in [0.1, 0.15) is 42.8 Å². The summed E-state index contributed by atoms with van der Waals surface area (Å²) in [5.74, 6) is -0.762. The van der Waals surface area contributed by atoms with Gasteiger partial charge in [0.2, 0.25) is 0 Å². The van der Waals surface area contributed by atoms with E-state index in [4.69, 9.17) is 9.84 Å². The lowest BCUT2D eigenvalue weighted by Crippen LogP contribution is -2.14. The van der Waals surface area contributed by atoms with Crippen molar-refractivity contribution in [3.8, 4) is 0 Å². The SMILES string of the molecule is COCCc1nc(C(C)(C)C)c(CCC(=O)O)s1. The van der Waals surface area contributed by atoms with Gasteiger partial charge in [-0.05, 0) is 6.42 Å². The third kappa shape index (κ3) is 4.38. The van der Waals surface area contributed by atoms with E-state index in [9.17, 15) is 4.79 Å². The lowest BCUT2D eigenvalue weighted by Gasteiger charge is -2.17. The highest BCUT2D eigenvalue weighted by Crippen LogP contribution is 2.30. The topological polar surface area (TPSA) is 59.4 Å². The Morgan fingerprint density at radius 1 is 1.39 bits per heavy atom. The minimum atomic E-state index is -0.762. The number of methoxy groups -OCH3 is 1. The predicted octanol–water partition coefficient (Wildman–Crippen LogP) is 2.65. The van der Waals surface area contributed by atoms with Crippen LogP contribution in [0.3, 0.4) is 0 Å². The summed E-state index contributed by atoms with van der Waals surface area (Å²) >= 11 is 1.61. The summed E-state index contributed by atoms with van der Waals surface area (Å²) in [6, 6.07) is 0. The van der Waals surface area contributed by atoms with Crippen molar-refractivity contribution in [2.75, 3.05) is 13.7 Å². The molecule has 0 fully saturated rings. The molecule has 0 saturated carbocycles. The molecule has 1 heterocycles. The van der Waals surface area contributed by atoms with Crippen LogP contribution in [0.5, 0.6) is 0 Å². The van der Waals surface area contributed by atoms with E-state index < -0.39 is 5.97 Å². The van der Waals surface area contributed by atoms with E-state index in [1.165, 1.54) is 0 Å². The molecule has 0 aromatic carbocycles. The Morgan fingerprint density at radius 3 is 2.56 bits per heavy atom. The molecule has 0 amide bonds. The normalized spacial score (nSPS) is 11.8. The van der Waals surface area contributed by atoms with Crippen LogP contribution in [-0.4, -0.2) is 29.8 Å². The number of aryl methyl sites for hydroxylation is 1. The third-order valence-electron chi connectivity index (χ3n) is 2.54. The molecule has 0 saturated heterocycles. The Balaban J connectivity index is 2.90. The average Bonchev–Trinajstić information content (AvgIpc) is 2.66. The number of carboxylic acids is 1. The molecule has 1 rings (SSSR count). The summed E-state index contributed by atoms with van der Waals surface area (Å²) in [6.45, 7) is 6.96. The molecule has 0 bridgehead atoms. The molecule has 0 unspecified atom stereocenters. The first-order chi connectivity index (χ1) is 8.34. The first-order valence-corrected chi connectivity index (χ1v) is 6.86. The Hall–Kier alpha value is -0.940. The minimum Gasteiger partial charge on any atom is -0.481 e. The fraction of sp³-hybridized carbons (Fsp3) is 0.692. The molecular formula is C13H21NO3S. The molecule has 0 aliphatic carbocycles. The largest absolute Gasteiger partial charge is 0.481 e. The van der Waals surface area contributed by atoms with Crippen molar-refractivity contribution in [1.82, 2.24) is 4.98 Å². The van der Waals surface area contributed by atoms with Crippen LogP contribution in [0.4, 0.5) is 0 Å². The second-order valence-corrected chi connectivity index (χ2v) is 6.43. The van der Waals surface area contributed by atoms with Crippen molar-refractivity contribution in [1.29, 1.82) is 0 Å². The van der Waals surface area contributed by atoms with Crippen molar-refractivity contribution in [2.45, 2.75) is 45.4 Å². The Morgan fingerprint density at radius 2 is 2.06 bits per heavy atom. The van der Waals surface area contributed by atoms with E-state index in [1.54, 1.807) is 18.4 Å². The summed E-state index contributed by atoms with van der Waals surface area (Å²) in [6.07, 6.45) is 1.51. The number of rotatable bonds is 6. The van der Waals surface area contributed by atoms with Gasteiger partial charge in [0, 0.05) is 23.8 Å². The smallest absolute Gasteiger partial charge is 0.303 e. The van der Waals surface area contributed by atoms with Crippen molar-refractivity contribution in [3.63, 3.8) is 0 Å². The summed E-state index contributed by atoms with van der Waals surface area (Å²) in [4.78, 5) is 16.4. The van der Waals surface area contributed by atoms with E-state index in [2.05, 4.69) is 25.8 Å². The molecule has 0 aliphatic rings. The zero-order chi connectivity index (χ0) is 13.8. The van der Waals surface area contributed by atoms with Crippen molar-refractivity contribution >= 4 is 17.3 Å². The van der Waals surface area contributed by atoms with Gasteiger partial charge in [-0.2, -0.15) is 0 Å². The van der Waals surface area contributed by atoms with E-state index in [0.29, 0.717) is 13.0 Å². The Labute approximate surface area is 112 Å². The van der Waals surface area contributed by atoms with Gasteiger partial charge in [-0.25, -0.2) is 4.98 Å². The molecule has 102 valence electrons. The van der Waals surface area contributed by atoms with Crippen LogP contribution in [0, 0.1) is 0 Å². The molecule has 4 nitrogen and oxygen atoms in total. The number of carbonyl (C=O) groups is 1. The van der Waals surface area contributed by atoms with Gasteiger partial charge in [0.15, 0.2) is 0 Å². The van der Waals surface area contributed by atoms with Gasteiger partial charge in [-0.3, -0.25) is 4.79 Å². The van der Waals surface area contributed by atoms with Crippen LogP contribution in [-0.2, 0) is 27.8 Å². The molecule has 5 heteroatoms. The molecular weight excluding hydrogens is 250 g/mol. The van der Waals surface area contributed by atoms with Crippen molar-refractivity contribution in [2.24, 2.45) is 0 Å². The molecule has 0 aliphatic heterocycles. The van der Waals surface area contributed by atoms with Gasteiger partial charge < -0.3 is 9.84 Å². The maximum absolute atomic E-state index is 10.7. The average molecular weight is 271 g/mol. The quantitative estimate of drug-likeness (QED) is 0.864. The standard InChI is InChI=1S/C13H21NO3S/c1-13(2,3)12-9(5-6-11(15)16)18-10(14-12)7-8-17-4/h5-8H2,1-4H3,(H,15,16). The van der Waals surface area contributed by atoms with Crippen molar-refractivity contribution in [3.05, 3.63) is 15.6 Å². The second kappa shape index (κ2) is 6.29. The number of aromatic nitrogens is 1. The zero-order valence-corrected chi connectivity index (χ0v) is 12.3. The number of ether oxygens (including phenoxy) is 1. The van der Waals surface area contributed by atoms with Crippen LogP contribution >= 0.6 is 11.3 Å². The monoisotopic (exact) mass is 271 g/mol. The van der Waals surface area contributed by atoms with E-state index in [1.807, 2.05) is 0 Å². The van der Waals surface area contributed by atoms with E-state index in [0.717, 1.165) is 22.0 Å². The highest BCUT2D eigenvalue weighted by Gasteiger charge is 2.23. The van der Waals surface area contributed by atoms with Crippen LogP contribution in [0.25, 0.3) is 0 Å². The molecule has 0 radical (unpaired) electrons. The van der Waals surface area contributed by atoms with Crippen molar-refractivity contribution < 1.29 is 14.6 Å². The molecule has 1 aromatic rings. The first kappa shape index (κ1) is 15.1. The first-order valence-electron chi connectivity index (χ1n) is 6.04. The summed E-state index contributed by atoms with van der Waals surface area (Å²) in [5.41, 5.74) is 0.982. The van der Waals surface area contributed by atoms with Crippen LogP contribution < -0.4 is 0 Å². The van der Waals surface area contributed by atoms with Gasteiger partial charge in [0.1, 0.15) is 0 Å². The van der Waals surface area contributed by atoms with Crippen LogP contribution in [0.15, 0.2) is 0 Å². The predicted molar refractivity (Wildman–Crippen MR) is 72.4 cm³/mol. The number of nitrogens with zero attached hydrogens (tertiary/aromatic N) is 1. The number of thiazole rings is 1. The Bertz CT molecular complexity index is 407. The Kier molecular flexibility index (Phi) is 5.28. The summed E-state index contributed by atoms with van der Waals surface area (Å²) in [7, 11) is 1.67. The minimum absolute atomic E-state index is 0.0460. The summed E-state index contributed by atoms with van der Waals surface area (Å²) in [5, 5.41) is 9.81. The maximum atomic E-state index is 10.7. The fourth-order valence-corrected chi connectivity index (χ4v) is 2.93. The zero-order valence-electron chi connectivity index (χ0n) is 11.4. The molecule has 1 aromatic heterocycles. The second-order valence-electron chi connectivity index (χ2n) is 5.27. The molecule has 1 N–H and O–H groups in total. The molecule has 18 heavy (non-hydrogen) atoms. The van der Waals surface area contributed by atoms with Gasteiger partial charge in [-0.15, -0.1) is 11.3 Å². The summed E-state index contributed by atoms with van der Waals surface area (Å²) < 4.78 is 5.05. The van der Waals surface area contributed by atoms with E-state index >= 15 is 0 Å². The number of hydrogen-bond acceptors (Lipinski definition) is 4. The van der Waals surface area contributed by atoms with Gasteiger partial charge in [-0.1, -0.05) is 20.8 Å². The third-order valence-corrected chi connectivity index (χ3v) is 3.71. The molecule has 0 spiro atoms. The number of carboxylic acid groups (broad SMARTS) is 1. The number of aliphatic carboxylic acids is 1. The maximum Gasteiger partial charge on any atom is 0.303 e. The van der Waals surface area contributed by atoms with E-state index in [-0.39, 0.29) is 11.8 Å². The fourth-order valence-electron chi connectivity index (χ4n) is 1.67.